The number of hydrogen-bond acceptors (Lipinski definition) is 10. The number of morpholine rings is 1. The van der Waals surface area contributed by atoms with E-state index in [0.717, 1.165) is 4.68 Å². The number of anilines is 2. The van der Waals surface area contributed by atoms with Crippen molar-refractivity contribution in [3.05, 3.63) is 30.5 Å². The zero-order chi connectivity index (χ0) is 30.9. The third-order valence-corrected chi connectivity index (χ3v) is 6.68. The van der Waals surface area contributed by atoms with Gasteiger partial charge in [-0.25, -0.2) is 24.2 Å². The second-order valence-corrected chi connectivity index (χ2v) is 11.2. The standard InChI is InChI=1S/C27H32F3N7O6/c1-26(2,3)43-25(40)35-11-18-13-41-14-19(12-35)37(18)23-20-10-31-36(15-27(28,29)30)22(20)33-21(34-23)16-4-6-17(7-5-16)32-24(39)42-9-8-38/h4-7,10,18-19,38H,8-9,11-15H2,1-3H3,(H,32,39). The molecule has 16 heteroatoms. The monoisotopic (exact) mass is 607 g/mol. The number of hydrogen-bond donors (Lipinski definition) is 2. The summed E-state index contributed by atoms with van der Waals surface area (Å²) in [5, 5.41) is 15.7. The van der Waals surface area contributed by atoms with Crippen molar-refractivity contribution in [2.75, 3.05) is 49.7 Å². The van der Waals surface area contributed by atoms with E-state index in [4.69, 9.17) is 24.3 Å². The fourth-order valence-electron chi connectivity index (χ4n) is 5.03. The molecular weight excluding hydrogens is 575 g/mol. The van der Waals surface area contributed by atoms with Gasteiger partial charge >= 0.3 is 18.4 Å². The Morgan fingerprint density at radius 1 is 1.09 bits per heavy atom. The van der Waals surface area contributed by atoms with Crippen LogP contribution in [0.4, 0.5) is 34.3 Å². The van der Waals surface area contributed by atoms with Crippen LogP contribution in [0.1, 0.15) is 20.8 Å². The van der Waals surface area contributed by atoms with Crippen molar-refractivity contribution in [3.63, 3.8) is 0 Å². The fourth-order valence-corrected chi connectivity index (χ4v) is 5.03. The second kappa shape index (κ2) is 11.8. The van der Waals surface area contributed by atoms with E-state index in [1.165, 1.54) is 6.20 Å². The van der Waals surface area contributed by atoms with Crippen LogP contribution >= 0.6 is 0 Å². The Hall–Kier alpha value is -4.18. The summed E-state index contributed by atoms with van der Waals surface area (Å²) >= 11 is 0. The number of carbonyl (C=O) groups is 2. The third-order valence-electron chi connectivity index (χ3n) is 6.68. The van der Waals surface area contributed by atoms with E-state index < -0.39 is 30.5 Å². The first kappa shape index (κ1) is 30.3. The van der Waals surface area contributed by atoms with E-state index in [1.54, 1.807) is 49.9 Å². The lowest BCUT2D eigenvalue weighted by Gasteiger charge is -2.50. The Labute approximate surface area is 244 Å². The highest BCUT2D eigenvalue weighted by Crippen LogP contribution is 2.35. The predicted molar refractivity (Wildman–Crippen MR) is 148 cm³/mol. The van der Waals surface area contributed by atoms with Gasteiger partial charge in [0.15, 0.2) is 11.5 Å². The zero-order valence-electron chi connectivity index (χ0n) is 23.8. The van der Waals surface area contributed by atoms with Gasteiger partial charge in [0.25, 0.3) is 0 Å². The number of rotatable bonds is 6. The molecule has 2 aliphatic heterocycles. The molecule has 2 fully saturated rings. The van der Waals surface area contributed by atoms with E-state index >= 15 is 0 Å². The average Bonchev–Trinajstić information content (AvgIpc) is 3.31. The minimum absolute atomic E-state index is 0.000622. The maximum absolute atomic E-state index is 13.4. The van der Waals surface area contributed by atoms with Gasteiger partial charge in [-0.1, -0.05) is 0 Å². The summed E-state index contributed by atoms with van der Waals surface area (Å²) in [6.07, 6.45) is -4.42. The third kappa shape index (κ3) is 7.07. The minimum Gasteiger partial charge on any atom is -0.447 e. The van der Waals surface area contributed by atoms with Crippen LogP contribution in [-0.4, -0.2) is 105 Å². The van der Waals surface area contributed by atoms with Crippen LogP contribution in [0.15, 0.2) is 30.5 Å². The first-order valence-corrected chi connectivity index (χ1v) is 13.6. The first-order valence-electron chi connectivity index (χ1n) is 13.6. The van der Waals surface area contributed by atoms with Crippen LogP contribution in [0, 0.1) is 0 Å². The minimum atomic E-state index is -4.54. The molecule has 2 bridgehead atoms. The Balaban J connectivity index is 1.51. The van der Waals surface area contributed by atoms with Crippen LogP contribution < -0.4 is 10.2 Å². The quantitative estimate of drug-likeness (QED) is 0.428. The van der Waals surface area contributed by atoms with Crippen LogP contribution in [0.5, 0.6) is 0 Å². The van der Waals surface area contributed by atoms with Gasteiger partial charge in [0.1, 0.15) is 24.6 Å². The summed E-state index contributed by atoms with van der Waals surface area (Å²) in [5.41, 5.74) is 0.192. The molecule has 13 nitrogen and oxygen atoms in total. The molecule has 2 atom stereocenters. The molecule has 0 radical (unpaired) electrons. The van der Waals surface area contributed by atoms with E-state index in [2.05, 4.69) is 15.4 Å². The highest BCUT2D eigenvalue weighted by Gasteiger charge is 2.43. The topological polar surface area (TPSA) is 144 Å². The second-order valence-electron chi connectivity index (χ2n) is 11.2. The number of nitrogens with one attached hydrogen (secondary N) is 1. The molecule has 0 aliphatic carbocycles. The molecule has 0 spiro atoms. The molecule has 4 heterocycles. The van der Waals surface area contributed by atoms with Gasteiger partial charge in [0.05, 0.1) is 43.5 Å². The SMILES string of the molecule is CC(C)(C)OC(=O)N1CC2COCC(C1)N2c1nc(-c2ccc(NC(=O)OCCO)cc2)nc2c1cnn2CC(F)(F)F. The first-order chi connectivity index (χ1) is 20.3. The molecule has 2 unspecified atom stereocenters. The lowest BCUT2D eigenvalue weighted by atomic mass is 10.0. The van der Waals surface area contributed by atoms with Crippen molar-refractivity contribution in [2.24, 2.45) is 0 Å². The van der Waals surface area contributed by atoms with Gasteiger partial charge < -0.3 is 29.1 Å². The summed E-state index contributed by atoms with van der Waals surface area (Å²) in [5.74, 6) is 0.528. The van der Waals surface area contributed by atoms with E-state index in [9.17, 15) is 22.8 Å². The molecule has 2 amide bonds. The van der Waals surface area contributed by atoms with Crippen LogP contribution in [0.2, 0.25) is 0 Å². The number of nitrogens with zero attached hydrogens (tertiary/aromatic N) is 6. The number of fused-ring (bicyclic) bond motifs is 3. The van der Waals surface area contributed by atoms with Gasteiger partial charge in [-0.2, -0.15) is 18.3 Å². The number of aliphatic hydroxyl groups excluding tert-OH is 1. The van der Waals surface area contributed by atoms with Crippen molar-refractivity contribution >= 4 is 34.7 Å². The number of alkyl halides is 3. The molecule has 3 aromatic rings. The molecule has 0 saturated carbocycles. The van der Waals surface area contributed by atoms with Crippen LogP contribution in [0.25, 0.3) is 22.4 Å². The molecule has 1 aromatic carbocycles. The normalized spacial score (nSPS) is 19.0. The van der Waals surface area contributed by atoms with Gasteiger partial charge in [-0.3, -0.25) is 5.32 Å². The number of ether oxygens (including phenoxy) is 3. The summed E-state index contributed by atoms with van der Waals surface area (Å²) in [6.45, 7) is 4.59. The highest BCUT2D eigenvalue weighted by molar-refractivity contribution is 5.90. The van der Waals surface area contributed by atoms with Crippen LogP contribution in [-0.2, 0) is 20.8 Å². The fraction of sp³-hybridized carbons (Fsp3) is 0.519. The number of benzene rings is 1. The number of aliphatic hydroxyl groups is 1. The van der Waals surface area contributed by atoms with E-state index in [-0.39, 0.29) is 63.1 Å². The predicted octanol–water partition coefficient (Wildman–Crippen LogP) is 3.42. The maximum atomic E-state index is 13.4. The lowest BCUT2D eigenvalue weighted by molar-refractivity contribution is -0.141. The van der Waals surface area contributed by atoms with E-state index in [1.807, 2.05) is 4.90 Å². The summed E-state index contributed by atoms with van der Waals surface area (Å²) in [4.78, 5) is 37.5. The largest absolute Gasteiger partial charge is 0.447 e. The van der Waals surface area contributed by atoms with Gasteiger partial charge in [-0.05, 0) is 45.0 Å². The number of aromatic nitrogens is 4. The average molecular weight is 608 g/mol. The molecule has 232 valence electrons. The van der Waals surface area contributed by atoms with Gasteiger partial charge in [0, 0.05) is 24.3 Å². The molecule has 2 aliphatic rings. The van der Waals surface area contributed by atoms with Crippen molar-refractivity contribution in [2.45, 2.75) is 51.2 Å². The molecule has 2 aromatic heterocycles. The molecule has 2 N–H and O–H groups in total. The Morgan fingerprint density at radius 3 is 2.37 bits per heavy atom. The molecule has 43 heavy (non-hydrogen) atoms. The molecule has 2 saturated heterocycles. The number of halogens is 3. The van der Waals surface area contributed by atoms with Crippen LogP contribution in [0.3, 0.4) is 0 Å². The van der Waals surface area contributed by atoms with Crippen molar-refractivity contribution in [3.8, 4) is 11.4 Å². The summed E-state index contributed by atoms with van der Waals surface area (Å²) in [7, 11) is 0. The maximum Gasteiger partial charge on any atom is 0.411 e. The van der Waals surface area contributed by atoms with Crippen molar-refractivity contribution < 1.29 is 42.1 Å². The summed E-state index contributed by atoms with van der Waals surface area (Å²) in [6, 6.07) is 5.65. The van der Waals surface area contributed by atoms with Gasteiger partial charge in [0.2, 0.25) is 0 Å². The molecular formula is C27H32F3N7O6. The lowest BCUT2D eigenvalue weighted by Crippen LogP contribution is -2.66. The number of piperazine rings is 1. The molecule has 5 rings (SSSR count). The van der Waals surface area contributed by atoms with E-state index in [0.29, 0.717) is 22.5 Å². The number of carbonyl (C=O) groups excluding carboxylic acids is 2. The number of amides is 2. The Morgan fingerprint density at radius 2 is 1.77 bits per heavy atom. The highest BCUT2D eigenvalue weighted by atomic mass is 19.4. The van der Waals surface area contributed by atoms with Crippen molar-refractivity contribution in [1.82, 2.24) is 24.6 Å². The smallest absolute Gasteiger partial charge is 0.411 e. The Kier molecular flexibility index (Phi) is 8.34. The Bertz CT molecular complexity index is 1460. The van der Waals surface area contributed by atoms with Gasteiger partial charge in [-0.15, -0.1) is 0 Å². The summed E-state index contributed by atoms with van der Waals surface area (Å²) < 4.78 is 57.3. The van der Waals surface area contributed by atoms with Crippen molar-refractivity contribution in [1.29, 1.82) is 0 Å². The zero-order valence-corrected chi connectivity index (χ0v) is 23.8.